The van der Waals surface area contributed by atoms with Crippen LogP contribution in [0, 0.1) is 0 Å². The highest BCUT2D eigenvalue weighted by Crippen LogP contribution is 2.25. The molecule has 0 saturated carbocycles. The number of hydrogen-bond acceptors (Lipinski definition) is 6. The Bertz CT molecular complexity index is 1030. The van der Waals surface area contributed by atoms with E-state index in [0.717, 1.165) is 36.7 Å². The van der Waals surface area contributed by atoms with Crippen LogP contribution in [0.5, 0.6) is 0 Å². The van der Waals surface area contributed by atoms with Crippen LogP contribution in [0.15, 0.2) is 61.2 Å². The van der Waals surface area contributed by atoms with Crippen molar-refractivity contribution in [2.45, 2.75) is 12.6 Å². The molecule has 1 fully saturated rings. The van der Waals surface area contributed by atoms with E-state index in [0.29, 0.717) is 12.4 Å². The zero-order chi connectivity index (χ0) is 18.1. The molecule has 5 rings (SSSR count). The second kappa shape index (κ2) is 6.81. The molecule has 1 saturated heterocycles. The van der Waals surface area contributed by atoms with E-state index in [2.05, 4.69) is 43.3 Å². The van der Waals surface area contributed by atoms with Crippen molar-refractivity contribution in [3.8, 4) is 11.3 Å². The van der Waals surface area contributed by atoms with Gasteiger partial charge in [-0.05, 0) is 6.07 Å². The predicted molar refractivity (Wildman–Crippen MR) is 100 cm³/mol. The quantitative estimate of drug-likeness (QED) is 0.553. The van der Waals surface area contributed by atoms with Gasteiger partial charge in [-0.15, -0.1) is 0 Å². The SMILES string of the molecule is c1ccc(-c2cc(N3CCOC(Cn4cccn4)C3)n3ncnc3n2)cc1. The van der Waals surface area contributed by atoms with Crippen molar-refractivity contribution in [2.75, 3.05) is 24.6 Å². The van der Waals surface area contributed by atoms with Crippen LogP contribution in [0.1, 0.15) is 0 Å². The van der Waals surface area contributed by atoms with Gasteiger partial charge >= 0.3 is 0 Å². The summed E-state index contributed by atoms with van der Waals surface area (Å²) in [4.78, 5) is 11.3. The number of benzene rings is 1. The van der Waals surface area contributed by atoms with Gasteiger partial charge in [-0.25, -0.2) is 4.98 Å². The maximum atomic E-state index is 5.95. The maximum absolute atomic E-state index is 5.95. The first-order chi connectivity index (χ1) is 13.4. The van der Waals surface area contributed by atoms with Gasteiger partial charge in [-0.3, -0.25) is 4.68 Å². The fourth-order valence-corrected chi connectivity index (χ4v) is 3.43. The maximum Gasteiger partial charge on any atom is 0.254 e. The molecule has 0 radical (unpaired) electrons. The van der Waals surface area contributed by atoms with E-state index in [9.17, 15) is 0 Å². The molecule has 8 heteroatoms. The zero-order valence-electron chi connectivity index (χ0n) is 14.7. The van der Waals surface area contributed by atoms with Gasteiger partial charge in [0.25, 0.3) is 5.78 Å². The van der Waals surface area contributed by atoms with Crippen molar-refractivity contribution in [3.63, 3.8) is 0 Å². The highest BCUT2D eigenvalue weighted by molar-refractivity contribution is 5.65. The molecule has 3 aromatic heterocycles. The summed E-state index contributed by atoms with van der Waals surface area (Å²) in [6.45, 7) is 2.93. The summed E-state index contributed by atoms with van der Waals surface area (Å²) >= 11 is 0. The average molecular weight is 361 g/mol. The lowest BCUT2D eigenvalue weighted by Crippen LogP contribution is -2.45. The van der Waals surface area contributed by atoms with Gasteiger partial charge in [0.05, 0.1) is 24.9 Å². The lowest BCUT2D eigenvalue weighted by Gasteiger charge is -2.34. The Kier molecular flexibility index (Phi) is 4.02. The lowest BCUT2D eigenvalue weighted by molar-refractivity contribution is 0.0270. The van der Waals surface area contributed by atoms with Crippen molar-refractivity contribution in [1.29, 1.82) is 0 Å². The molecule has 0 aliphatic carbocycles. The van der Waals surface area contributed by atoms with Crippen LogP contribution in [0.2, 0.25) is 0 Å². The summed E-state index contributed by atoms with van der Waals surface area (Å²) in [7, 11) is 0. The second-order valence-electron chi connectivity index (χ2n) is 6.50. The molecule has 4 aromatic rings. The lowest BCUT2D eigenvalue weighted by atomic mass is 10.1. The zero-order valence-corrected chi connectivity index (χ0v) is 14.7. The normalized spacial score (nSPS) is 17.5. The summed E-state index contributed by atoms with van der Waals surface area (Å²) < 4.78 is 9.65. The van der Waals surface area contributed by atoms with Crippen LogP contribution in [0.3, 0.4) is 0 Å². The van der Waals surface area contributed by atoms with E-state index in [1.807, 2.05) is 35.1 Å². The third-order valence-corrected chi connectivity index (χ3v) is 4.72. The Labute approximate surface area is 156 Å². The molecule has 4 heterocycles. The summed E-state index contributed by atoms with van der Waals surface area (Å²) in [5, 5.41) is 8.66. The minimum absolute atomic E-state index is 0.0607. The third-order valence-electron chi connectivity index (χ3n) is 4.72. The van der Waals surface area contributed by atoms with Crippen LogP contribution >= 0.6 is 0 Å². The first-order valence-electron chi connectivity index (χ1n) is 8.97. The molecule has 0 N–H and O–H groups in total. The molecule has 1 aliphatic heterocycles. The molecule has 0 spiro atoms. The van der Waals surface area contributed by atoms with Crippen LogP contribution in [0.25, 0.3) is 17.0 Å². The van der Waals surface area contributed by atoms with Gasteiger partial charge in [0, 0.05) is 37.1 Å². The van der Waals surface area contributed by atoms with Crippen molar-refractivity contribution in [2.24, 2.45) is 0 Å². The minimum Gasteiger partial charge on any atom is -0.373 e. The molecule has 8 nitrogen and oxygen atoms in total. The first kappa shape index (κ1) is 16.0. The van der Waals surface area contributed by atoms with Gasteiger partial charge < -0.3 is 9.64 Å². The fourth-order valence-electron chi connectivity index (χ4n) is 3.43. The van der Waals surface area contributed by atoms with E-state index in [4.69, 9.17) is 4.74 Å². The summed E-state index contributed by atoms with van der Waals surface area (Å²) in [5.74, 6) is 1.58. The molecule has 0 bridgehead atoms. The van der Waals surface area contributed by atoms with E-state index < -0.39 is 0 Å². The van der Waals surface area contributed by atoms with Gasteiger partial charge in [0.1, 0.15) is 12.1 Å². The van der Waals surface area contributed by atoms with Crippen LogP contribution in [-0.4, -0.2) is 55.2 Å². The number of anilines is 1. The largest absolute Gasteiger partial charge is 0.373 e. The van der Waals surface area contributed by atoms with E-state index in [-0.39, 0.29) is 6.10 Å². The topological polar surface area (TPSA) is 73.4 Å². The Hall–Kier alpha value is -3.26. The minimum atomic E-state index is 0.0607. The summed E-state index contributed by atoms with van der Waals surface area (Å²) in [6, 6.07) is 14.1. The molecule has 27 heavy (non-hydrogen) atoms. The van der Waals surface area contributed by atoms with Crippen LogP contribution < -0.4 is 4.90 Å². The van der Waals surface area contributed by atoms with E-state index in [1.165, 1.54) is 0 Å². The molecule has 1 atom stereocenters. The molecule has 0 amide bonds. The molecule has 1 aromatic carbocycles. The Morgan fingerprint density at radius 2 is 2.04 bits per heavy atom. The Balaban J connectivity index is 1.49. The molecule has 1 unspecified atom stereocenters. The van der Waals surface area contributed by atoms with Gasteiger partial charge in [-0.2, -0.15) is 19.7 Å². The van der Waals surface area contributed by atoms with Crippen molar-refractivity contribution < 1.29 is 4.74 Å². The monoisotopic (exact) mass is 361 g/mol. The van der Waals surface area contributed by atoms with Gasteiger partial charge in [0.15, 0.2) is 0 Å². The van der Waals surface area contributed by atoms with E-state index in [1.54, 1.807) is 17.0 Å². The Morgan fingerprint density at radius 1 is 1.11 bits per heavy atom. The highest BCUT2D eigenvalue weighted by atomic mass is 16.5. The number of rotatable bonds is 4. The molecular weight excluding hydrogens is 342 g/mol. The van der Waals surface area contributed by atoms with Crippen molar-refractivity contribution in [1.82, 2.24) is 29.4 Å². The van der Waals surface area contributed by atoms with Crippen LogP contribution in [0.4, 0.5) is 5.82 Å². The second-order valence-corrected chi connectivity index (χ2v) is 6.50. The number of aromatic nitrogens is 6. The number of fused-ring (bicyclic) bond motifs is 1. The standard InChI is InChI=1S/C19H19N7O/c1-2-5-15(6-3-1)17-11-18(26-19(23-17)20-14-22-26)24-9-10-27-16(12-24)13-25-8-4-7-21-25/h1-8,11,14,16H,9-10,12-13H2. The van der Waals surface area contributed by atoms with Crippen LogP contribution in [-0.2, 0) is 11.3 Å². The average Bonchev–Trinajstić information content (AvgIpc) is 3.40. The Morgan fingerprint density at radius 3 is 2.89 bits per heavy atom. The predicted octanol–water partition coefficient (Wildman–Crippen LogP) is 1.89. The summed E-state index contributed by atoms with van der Waals surface area (Å²) in [6.07, 6.45) is 5.35. The van der Waals surface area contributed by atoms with E-state index >= 15 is 0 Å². The van der Waals surface area contributed by atoms with Crippen molar-refractivity contribution >= 4 is 11.6 Å². The smallest absolute Gasteiger partial charge is 0.254 e. The fraction of sp³-hybridized carbons (Fsp3) is 0.263. The van der Waals surface area contributed by atoms with Gasteiger partial charge in [0.2, 0.25) is 0 Å². The number of nitrogens with zero attached hydrogens (tertiary/aromatic N) is 7. The number of morpholine rings is 1. The molecule has 136 valence electrons. The highest BCUT2D eigenvalue weighted by Gasteiger charge is 2.24. The molecule has 1 aliphatic rings. The van der Waals surface area contributed by atoms with Gasteiger partial charge in [-0.1, -0.05) is 30.3 Å². The number of hydrogen-bond donors (Lipinski definition) is 0. The van der Waals surface area contributed by atoms with Crippen molar-refractivity contribution in [3.05, 3.63) is 61.2 Å². The first-order valence-corrected chi connectivity index (χ1v) is 8.97. The number of ether oxygens (including phenoxy) is 1. The third kappa shape index (κ3) is 3.15. The summed E-state index contributed by atoms with van der Waals surface area (Å²) in [5.41, 5.74) is 1.95. The molecular formula is C19H19N7O.